The second-order valence-electron chi connectivity index (χ2n) is 4.68. The molecule has 0 saturated heterocycles. The van der Waals surface area contributed by atoms with Gasteiger partial charge >= 0.3 is 0 Å². The molecule has 0 unspecified atom stereocenters. The van der Waals surface area contributed by atoms with Crippen molar-refractivity contribution in [1.29, 1.82) is 0 Å². The number of nitrogens with one attached hydrogen (secondary N) is 3. The van der Waals surface area contributed by atoms with Crippen LogP contribution < -0.4 is 15.4 Å². The van der Waals surface area contributed by atoms with E-state index < -0.39 is 10.0 Å². The molecule has 0 spiro atoms. The number of sulfonamides is 1. The van der Waals surface area contributed by atoms with Gasteiger partial charge < -0.3 is 15.4 Å². The first-order valence-corrected chi connectivity index (χ1v) is 8.13. The third-order valence-corrected chi connectivity index (χ3v) is 4.55. The zero-order valence-corrected chi connectivity index (χ0v) is 12.6. The van der Waals surface area contributed by atoms with E-state index in [4.69, 9.17) is 4.74 Å². The largest absolute Gasteiger partial charge is 0.383 e. The van der Waals surface area contributed by atoms with Crippen molar-refractivity contribution in [2.75, 3.05) is 38.7 Å². The van der Waals surface area contributed by atoms with Gasteiger partial charge in [-0.3, -0.25) is 4.79 Å². The van der Waals surface area contributed by atoms with Gasteiger partial charge in [0.25, 0.3) is 0 Å². The Morgan fingerprint density at radius 1 is 1.29 bits per heavy atom. The van der Waals surface area contributed by atoms with Crippen LogP contribution in [-0.2, 0) is 26.0 Å². The first-order valence-electron chi connectivity index (χ1n) is 6.65. The number of hydrogen-bond acceptors (Lipinski definition) is 5. The minimum absolute atomic E-state index is 0.116. The van der Waals surface area contributed by atoms with E-state index in [1.165, 1.54) is 12.1 Å². The Hall–Kier alpha value is -1.48. The van der Waals surface area contributed by atoms with Gasteiger partial charge in [0.05, 0.1) is 17.9 Å². The molecule has 0 bridgehead atoms. The van der Waals surface area contributed by atoms with Gasteiger partial charge in [-0.25, -0.2) is 13.1 Å². The molecule has 21 heavy (non-hydrogen) atoms. The molecule has 1 aromatic carbocycles. The van der Waals surface area contributed by atoms with Crippen LogP contribution in [0.15, 0.2) is 23.1 Å². The molecule has 2 rings (SSSR count). The highest BCUT2D eigenvalue weighted by molar-refractivity contribution is 7.89. The summed E-state index contributed by atoms with van der Waals surface area (Å²) in [5, 5.41) is 5.72. The van der Waals surface area contributed by atoms with E-state index in [9.17, 15) is 13.2 Å². The quantitative estimate of drug-likeness (QED) is 0.572. The van der Waals surface area contributed by atoms with Gasteiger partial charge in [-0.05, 0) is 23.8 Å². The summed E-state index contributed by atoms with van der Waals surface area (Å²) in [7, 11) is -1.94. The summed E-state index contributed by atoms with van der Waals surface area (Å²) >= 11 is 0. The Bertz CT molecular complexity index is 616. The fourth-order valence-corrected chi connectivity index (χ4v) is 3.11. The highest BCUT2D eigenvalue weighted by Crippen LogP contribution is 2.25. The number of fused-ring (bicyclic) bond motifs is 1. The number of methoxy groups -OCH3 is 1. The van der Waals surface area contributed by atoms with Crippen molar-refractivity contribution in [3.8, 4) is 0 Å². The van der Waals surface area contributed by atoms with Gasteiger partial charge in [-0.2, -0.15) is 0 Å². The van der Waals surface area contributed by atoms with E-state index >= 15 is 0 Å². The summed E-state index contributed by atoms with van der Waals surface area (Å²) in [6, 6.07) is 4.64. The van der Waals surface area contributed by atoms with Crippen molar-refractivity contribution in [3.05, 3.63) is 23.8 Å². The number of carbonyl (C=O) groups is 1. The summed E-state index contributed by atoms with van der Waals surface area (Å²) in [4.78, 5) is 11.4. The van der Waals surface area contributed by atoms with E-state index in [1.807, 2.05) is 0 Å². The standard InChI is InChI=1S/C13H19N3O4S/c1-20-7-6-14-4-5-15-21(18,19)11-2-3-12-10(8-11)9-13(17)16-12/h2-3,8,14-15H,4-7,9H2,1H3,(H,16,17). The van der Waals surface area contributed by atoms with E-state index in [-0.39, 0.29) is 17.2 Å². The molecule has 8 heteroatoms. The number of amides is 1. The molecule has 1 amide bonds. The van der Waals surface area contributed by atoms with Crippen LogP contribution in [0.4, 0.5) is 5.69 Å². The first kappa shape index (κ1) is 15.9. The SMILES string of the molecule is COCCNCCNS(=O)(=O)c1ccc2c(c1)CC(=O)N2. The zero-order chi connectivity index (χ0) is 15.3. The number of ether oxygens (including phenoxy) is 1. The molecule has 1 aromatic rings. The highest BCUT2D eigenvalue weighted by atomic mass is 32.2. The van der Waals surface area contributed by atoms with Crippen molar-refractivity contribution in [2.45, 2.75) is 11.3 Å². The number of anilines is 1. The van der Waals surface area contributed by atoms with Crippen LogP contribution in [0.1, 0.15) is 5.56 Å². The van der Waals surface area contributed by atoms with Crippen LogP contribution in [0, 0.1) is 0 Å². The lowest BCUT2D eigenvalue weighted by Crippen LogP contribution is -2.33. The highest BCUT2D eigenvalue weighted by Gasteiger charge is 2.21. The lowest BCUT2D eigenvalue weighted by atomic mass is 10.2. The van der Waals surface area contributed by atoms with Crippen molar-refractivity contribution < 1.29 is 17.9 Å². The van der Waals surface area contributed by atoms with Crippen LogP contribution in [0.3, 0.4) is 0 Å². The molecule has 1 aliphatic heterocycles. The topological polar surface area (TPSA) is 96.5 Å². The Morgan fingerprint density at radius 2 is 2.10 bits per heavy atom. The van der Waals surface area contributed by atoms with Gasteiger partial charge in [0.1, 0.15) is 0 Å². The average molecular weight is 313 g/mol. The minimum Gasteiger partial charge on any atom is -0.383 e. The Balaban J connectivity index is 1.91. The monoisotopic (exact) mass is 313 g/mol. The summed E-state index contributed by atoms with van der Waals surface area (Å²) < 4.78 is 31.7. The molecule has 1 heterocycles. The van der Waals surface area contributed by atoms with Crippen LogP contribution in [0.25, 0.3) is 0 Å². The normalized spacial score (nSPS) is 14.0. The molecule has 7 nitrogen and oxygen atoms in total. The molecule has 116 valence electrons. The third-order valence-electron chi connectivity index (χ3n) is 3.09. The fourth-order valence-electron chi connectivity index (χ4n) is 2.03. The van der Waals surface area contributed by atoms with E-state index in [0.29, 0.717) is 37.5 Å². The predicted octanol–water partition coefficient (Wildman–Crippen LogP) is -0.304. The van der Waals surface area contributed by atoms with Crippen LogP contribution in [-0.4, -0.2) is 47.7 Å². The fraction of sp³-hybridized carbons (Fsp3) is 0.462. The van der Waals surface area contributed by atoms with Crippen molar-refractivity contribution in [2.24, 2.45) is 0 Å². The second kappa shape index (κ2) is 6.99. The van der Waals surface area contributed by atoms with Crippen LogP contribution >= 0.6 is 0 Å². The number of carbonyl (C=O) groups excluding carboxylic acids is 1. The van der Waals surface area contributed by atoms with Crippen molar-refractivity contribution >= 4 is 21.6 Å². The van der Waals surface area contributed by atoms with Gasteiger partial charge in [0.2, 0.25) is 15.9 Å². The maximum absolute atomic E-state index is 12.1. The first-order chi connectivity index (χ1) is 10.0. The van der Waals surface area contributed by atoms with E-state index in [2.05, 4.69) is 15.4 Å². The summed E-state index contributed by atoms with van der Waals surface area (Å²) in [6.45, 7) is 2.07. The molecule has 0 aliphatic carbocycles. The van der Waals surface area contributed by atoms with E-state index in [1.54, 1.807) is 13.2 Å². The van der Waals surface area contributed by atoms with Crippen LogP contribution in [0.5, 0.6) is 0 Å². The molecule has 0 saturated carbocycles. The third kappa shape index (κ3) is 4.24. The van der Waals surface area contributed by atoms with Gasteiger partial charge in [0.15, 0.2) is 0 Å². The molecule has 0 radical (unpaired) electrons. The molecular weight excluding hydrogens is 294 g/mol. The molecular formula is C13H19N3O4S. The molecule has 3 N–H and O–H groups in total. The Labute approximate surface area is 124 Å². The molecule has 0 fully saturated rings. The lowest BCUT2D eigenvalue weighted by Gasteiger charge is -2.09. The summed E-state index contributed by atoms with van der Waals surface area (Å²) in [5.41, 5.74) is 1.39. The van der Waals surface area contributed by atoms with Crippen molar-refractivity contribution in [1.82, 2.24) is 10.0 Å². The van der Waals surface area contributed by atoms with Gasteiger partial charge in [-0.1, -0.05) is 0 Å². The summed E-state index contributed by atoms with van der Waals surface area (Å²) in [6.07, 6.45) is 0.220. The lowest BCUT2D eigenvalue weighted by molar-refractivity contribution is -0.115. The zero-order valence-electron chi connectivity index (χ0n) is 11.8. The maximum atomic E-state index is 12.1. The van der Waals surface area contributed by atoms with Gasteiger partial charge in [-0.15, -0.1) is 0 Å². The minimum atomic E-state index is -3.55. The maximum Gasteiger partial charge on any atom is 0.240 e. The van der Waals surface area contributed by atoms with Crippen LogP contribution in [0.2, 0.25) is 0 Å². The molecule has 1 aliphatic rings. The number of hydrogen-bond donors (Lipinski definition) is 3. The Kier molecular flexibility index (Phi) is 5.29. The molecule has 0 atom stereocenters. The second-order valence-corrected chi connectivity index (χ2v) is 6.45. The van der Waals surface area contributed by atoms with Gasteiger partial charge in [0, 0.05) is 32.4 Å². The molecule has 0 aromatic heterocycles. The summed E-state index contributed by atoms with van der Waals surface area (Å²) in [5.74, 6) is -0.116. The average Bonchev–Trinajstić information content (AvgIpc) is 2.81. The number of benzene rings is 1. The predicted molar refractivity (Wildman–Crippen MR) is 78.7 cm³/mol. The Morgan fingerprint density at radius 3 is 2.86 bits per heavy atom. The van der Waals surface area contributed by atoms with E-state index in [0.717, 1.165) is 0 Å². The smallest absolute Gasteiger partial charge is 0.240 e. The van der Waals surface area contributed by atoms with Crippen molar-refractivity contribution in [3.63, 3.8) is 0 Å². The number of rotatable bonds is 8.